The fourth-order valence-electron chi connectivity index (χ4n) is 9.28. The molecule has 2 N–H and O–H groups in total. The minimum Gasteiger partial charge on any atom is -0.382 e. The molecule has 0 radical (unpaired) electrons. The molecule has 2 aliphatic rings. The van der Waals surface area contributed by atoms with Gasteiger partial charge in [-0.15, -0.1) is 0 Å². The first-order chi connectivity index (χ1) is 24.9. The molecule has 9 atom stereocenters. The van der Waals surface area contributed by atoms with E-state index in [2.05, 4.69) is 174 Å². The van der Waals surface area contributed by atoms with Crippen molar-refractivity contribution >= 4 is 6.21 Å². The van der Waals surface area contributed by atoms with Gasteiger partial charge in [0.05, 0.1) is 6.04 Å². The second-order valence-corrected chi connectivity index (χ2v) is 18.9. The Morgan fingerprint density at radius 2 is 1.55 bits per heavy atom. The third-order valence-electron chi connectivity index (χ3n) is 13.1. The van der Waals surface area contributed by atoms with Gasteiger partial charge in [0.2, 0.25) is 0 Å². The molecule has 2 fully saturated rings. The van der Waals surface area contributed by atoms with E-state index < -0.39 is 0 Å². The number of fused-ring (bicyclic) bond motifs is 1. The first kappa shape index (κ1) is 42.6. The molecule has 0 spiro atoms. The van der Waals surface area contributed by atoms with Crippen LogP contribution in [0.2, 0.25) is 0 Å². The summed E-state index contributed by atoms with van der Waals surface area (Å²) in [4.78, 5) is 5.11. The highest BCUT2D eigenvalue weighted by atomic mass is 15.0. The van der Waals surface area contributed by atoms with Crippen LogP contribution in [0.3, 0.4) is 0 Å². The number of nitrogens with zero attached hydrogens (tertiary/aromatic N) is 1. The van der Waals surface area contributed by atoms with Gasteiger partial charge in [0.15, 0.2) is 0 Å². The van der Waals surface area contributed by atoms with Crippen molar-refractivity contribution in [3.63, 3.8) is 0 Å². The van der Waals surface area contributed by atoms with E-state index in [0.717, 1.165) is 31.3 Å². The minimum atomic E-state index is 0.0131. The molecule has 2 aromatic rings. The molecular weight excluding hydrogens is 643 g/mol. The van der Waals surface area contributed by atoms with E-state index in [9.17, 15) is 0 Å². The Morgan fingerprint density at radius 3 is 2.11 bits per heavy atom. The van der Waals surface area contributed by atoms with Crippen LogP contribution in [-0.2, 0) is 6.42 Å². The summed E-state index contributed by atoms with van der Waals surface area (Å²) in [7, 11) is 0. The van der Waals surface area contributed by atoms with Crippen LogP contribution in [0.15, 0.2) is 113 Å². The average Bonchev–Trinajstić information content (AvgIpc) is 3.41. The van der Waals surface area contributed by atoms with Crippen LogP contribution >= 0.6 is 0 Å². The van der Waals surface area contributed by atoms with Crippen LogP contribution in [0.1, 0.15) is 126 Å². The van der Waals surface area contributed by atoms with Crippen molar-refractivity contribution in [1.82, 2.24) is 10.6 Å². The Kier molecular flexibility index (Phi) is 14.4. The van der Waals surface area contributed by atoms with Gasteiger partial charge in [-0.3, -0.25) is 4.99 Å². The zero-order valence-corrected chi connectivity index (χ0v) is 35.7. The topological polar surface area (TPSA) is 36.4 Å². The van der Waals surface area contributed by atoms with E-state index in [4.69, 9.17) is 11.6 Å². The molecule has 4 rings (SSSR count). The highest BCUT2D eigenvalue weighted by Gasteiger charge is 2.65. The number of benzene rings is 2. The van der Waals surface area contributed by atoms with Gasteiger partial charge in [-0.2, -0.15) is 0 Å². The molecule has 53 heavy (non-hydrogen) atoms. The first-order valence-electron chi connectivity index (χ1n) is 20.8. The smallest absolute Gasteiger partial charge is 0.0694 e. The Labute approximate surface area is 326 Å². The van der Waals surface area contributed by atoms with Gasteiger partial charge in [-0.05, 0) is 109 Å². The lowest BCUT2D eigenvalue weighted by Gasteiger charge is -2.38. The molecule has 0 saturated heterocycles. The summed E-state index contributed by atoms with van der Waals surface area (Å²) in [6, 6.07) is 22.2. The van der Waals surface area contributed by atoms with E-state index in [1.807, 2.05) is 0 Å². The lowest BCUT2D eigenvalue weighted by atomic mass is 9.67. The molecule has 0 aliphatic heterocycles. The number of nitrogens with one attached hydrogen (secondary N) is 2. The fourth-order valence-corrected chi connectivity index (χ4v) is 9.28. The van der Waals surface area contributed by atoms with Gasteiger partial charge < -0.3 is 10.6 Å². The van der Waals surface area contributed by atoms with E-state index in [1.165, 1.54) is 34.4 Å². The summed E-state index contributed by atoms with van der Waals surface area (Å²) in [5.41, 5.74) is 9.90. The zero-order valence-electron chi connectivity index (χ0n) is 35.7. The second kappa shape index (κ2) is 18.0. The van der Waals surface area contributed by atoms with E-state index in [-0.39, 0.29) is 29.6 Å². The zero-order chi connectivity index (χ0) is 39.2. The van der Waals surface area contributed by atoms with Crippen molar-refractivity contribution in [1.29, 1.82) is 0 Å². The van der Waals surface area contributed by atoms with Crippen LogP contribution in [0.4, 0.5) is 0 Å². The molecule has 290 valence electrons. The number of hydrogen-bond donors (Lipinski definition) is 2. The van der Waals surface area contributed by atoms with Crippen molar-refractivity contribution in [2.75, 3.05) is 0 Å². The van der Waals surface area contributed by atoms with Crippen LogP contribution in [0, 0.1) is 46.3 Å². The standard InChI is InChI=1S/C50H75N3/c1-16-23-45(36(7)38(9)51-31-34(5)52-48(35(6)32(2)3)41-26-21-18-22-27-41)53-39(10)46-42(30-44-47(46)50(44,14)15)37(8)43(49(11,12)13)29-33(4)28-40-24-19-17-20-25-40/h17-22,24-27,31-32,34-35,38,42-45,47-48,52-53H,4,7-8,16,23,28-30H2,1-3,5-6,9-15H3/t34?,35?,38?,42?,43-,44?,45?,47?,48?/m1/s1. The normalized spacial score (nSPS) is 23.8. The molecule has 2 saturated carbocycles. The maximum Gasteiger partial charge on any atom is 0.0694 e. The van der Waals surface area contributed by atoms with Crippen LogP contribution in [0.25, 0.3) is 0 Å². The van der Waals surface area contributed by atoms with Gasteiger partial charge in [0, 0.05) is 36.0 Å². The number of aliphatic imine (C=N–C) groups is 1. The minimum absolute atomic E-state index is 0.0131. The molecule has 0 aromatic heterocycles. The predicted octanol–water partition coefficient (Wildman–Crippen LogP) is 12.7. The third kappa shape index (κ3) is 10.5. The Hall–Kier alpha value is -3.17. The lowest BCUT2D eigenvalue weighted by molar-refractivity contribution is 0.258. The molecule has 0 heterocycles. The molecule has 0 bridgehead atoms. The summed E-state index contributed by atoms with van der Waals surface area (Å²) >= 11 is 0. The molecular formula is C50H75N3. The lowest BCUT2D eigenvalue weighted by Crippen LogP contribution is -2.37. The summed E-state index contributed by atoms with van der Waals surface area (Å²) < 4.78 is 0. The molecule has 3 nitrogen and oxygen atoms in total. The quantitative estimate of drug-likeness (QED) is 0.112. The van der Waals surface area contributed by atoms with Crippen molar-refractivity contribution in [2.24, 2.45) is 51.3 Å². The number of allylic oxidation sites excluding steroid dienone is 4. The fraction of sp³-hybridized carbons (Fsp3) is 0.580. The maximum atomic E-state index is 5.11. The second-order valence-electron chi connectivity index (χ2n) is 18.9. The van der Waals surface area contributed by atoms with E-state index >= 15 is 0 Å². The van der Waals surface area contributed by atoms with Crippen LogP contribution in [-0.4, -0.2) is 24.3 Å². The Morgan fingerprint density at radius 1 is 0.943 bits per heavy atom. The average molecular weight is 718 g/mol. The Bertz CT molecular complexity index is 1590. The molecule has 0 amide bonds. The summed E-state index contributed by atoms with van der Waals surface area (Å²) in [6.45, 7) is 42.3. The molecule has 3 heteroatoms. The summed E-state index contributed by atoms with van der Waals surface area (Å²) in [5, 5.41) is 7.96. The van der Waals surface area contributed by atoms with Gasteiger partial charge in [-0.25, -0.2) is 0 Å². The van der Waals surface area contributed by atoms with Crippen LogP contribution in [0.5, 0.6) is 0 Å². The van der Waals surface area contributed by atoms with E-state index in [1.54, 1.807) is 5.57 Å². The molecule has 2 aromatic carbocycles. The first-order valence-corrected chi connectivity index (χ1v) is 20.8. The van der Waals surface area contributed by atoms with Gasteiger partial charge in [-0.1, -0.05) is 160 Å². The highest BCUT2D eigenvalue weighted by Crippen LogP contribution is 2.72. The maximum absolute atomic E-state index is 5.11. The van der Waals surface area contributed by atoms with E-state index in [0.29, 0.717) is 40.9 Å². The highest BCUT2D eigenvalue weighted by molar-refractivity contribution is 5.64. The summed E-state index contributed by atoms with van der Waals surface area (Å²) in [6.07, 6.45) is 7.34. The van der Waals surface area contributed by atoms with Gasteiger partial charge >= 0.3 is 0 Å². The third-order valence-corrected chi connectivity index (χ3v) is 13.1. The Balaban J connectivity index is 1.51. The SMILES string of the molecule is C=C(Cc1ccccc1)C[C@H](C(=C)C1CC2C(C1=C(C)NC(CCC)C(=C)C(C)N=CC(C)NC(c1ccccc1)C(C)C(C)C)C2(C)C)C(C)(C)C. The largest absolute Gasteiger partial charge is 0.382 e. The monoisotopic (exact) mass is 718 g/mol. The summed E-state index contributed by atoms with van der Waals surface area (Å²) in [5.74, 6) is 3.14. The molecule has 2 aliphatic carbocycles. The van der Waals surface area contributed by atoms with Crippen molar-refractivity contribution in [3.05, 3.63) is 120 Å². The van der Waals surface area contributed by atoms with Gasteiger partial charge in [0.1, 0.15) is 0 Å². The van der Waals surface area contributed by atoms with Crippen molar-refractivity contribution in [2.45, 2.75) is 139 Å². The number of rotatable bonds is 19. The van der Waals surface area contributed by atoms with Crippen molar-refractivity contribution in [3.8, 4) is 0 Å². The van der Waals surface area contributed by atoms with Crippen LogP contribution < -0.4 is 10.6 Å². The predicted molar refractivity (Wildman–Crippen MR) is 232 cm³/mol. The number of hydrogen-bond acceptors (Lipinski definition) is 3. The molecule has 8 unspecified atom stereocenters. The van der Waals surface area contributed by atoms with Gasteiger partial charge in [0.25, 0.3) is 0 Å². The van der Waals surface area contributed by atoms with Crippen molar-refractivity contribution < 1.29 is 0 Å².